The molecular formula is C43H25NOS. The highest BCUT2D eigenvalue weighted by Gasteiger charge is 2.51. The molecule has 7 aromatic carbocycles. The zero-order chi connectivity index (χ0) is 30.0. The van der Waals surface area contributed by atoms with E-state index in [0.717, 1.165) is 22.7 Å². The van der Waals surface area contributed by atoms with Crippen molar-refractivity contribution in [3.8, 4) is 28.3 Å². The second kappa shape index (κ2) is 8.75. The number of para-hydroxylation sites is 2. The summed E-state index contributed by atoms with van der Waals surface area (Å²) in [6.45, 7) is 0. The first kappa shape index (κ1) is 24.7. The van der Waals surface area contributed by atoms with E-state index in [1.807, 2.05) is 11.3 Å². The minimum atomic E-state index is -0.483. The highest BCUT2D eigenvalue weighted by atomic mass is 32.1. The van der Waals surface area contributed by atoms with E-state index in [9.17, 15) is 0 Å². The molecular weight excluding hydrogens is 579 g/mol. The van der Waals surface area contributed by atoms with Gasteiger partial charge in [0.2, 0.25) is 0 Å². The standard InChI is InChI=1S/C43H25NOS/c1-5-15-33-27(11-1)28-12-2-6-16-34(28)43(33)35-17-7-9-19-39(35)45-40-25-38-31(24-36(40)43)29-13-3-8-18-37(29)44(38)26-21-22-42-32(23-26)30-14-4-10-20-41(30)46-42/h1-25H. The van der Waals surface area contributed by atoms with Crippen LogP contribution in [0.2, 0.25) is 0 Å². The summed E-state index contributed by atoms with van der Waals surface area (Å²) >= 11 is 1.86. The van der Waals surface area contributed by atoms with Crippen LogP contribution in [0.3, 0.4) is 0 Å². The summed E-state index contributed by atoms with van der Waals surface area (Å²) in [5, 5.41) is 5.08. The first-order valence-electron chi connectivity index (χ1n) is 15.8. The van der Waals surface area contributed by atoms with Crippen molar-refractivity contribution in [2.24, 2.45) is 0 Å². The van der Waals surface area contributed by atoms with Crippen LogP contribution in [0, 0.1) is 0 Å². The average molecular weight is 604 g/mol. The highest BCUT2D eigenvalue weighted by molar-refractivity contribution is 7.25. The van der Waals surface area contributed by atoms with E-state index in [0.29, 0.717) is 0 Å². The van der Waals surface area contributed by atoms with Crippen molar-refractivity contribution in [3.63, 3.8) is 0 Å². The van der Waals surface area contributed by atoms with Gasteiger partial charge in [0.15, 0.2) is 0 Å². The van der Waals surface area contributed by atoms with Crippen LogP contribution >= 0.6 is 11.3 Å². The SMILES string of the molecule is c1ccc2c(c1)Oc1cc3c(cc1C21c2ccccc2-c2ccccc21)c1ccccc1n3-c1ccc2sc3ccccc3c2c1. The van der Waals surface area contributed by atoms with Crippen LogP contribution in [0.25, 0.3) is 58.8 Å². The number of fused-ring (bicyclic) bond motifs is 15. The van der Waals surface area contributed by atoms with Gasteiger partial charge in [-0.2, -0.15) is 0 Å². The molecule has 0 amide bonds. The van der Waals surface area contributed by atoms with Crippen LogP contribution in [-0.2, 0) is 5.41 Å². The van der Waals surface area contributed by atoms with Crippen LogP contribution in [-0.4, -0.2) is 4.57 Å². The van der Waals surface area contributed by atoms with E-state index in [2.05, 4.69) is 156 Å². The van der Waals surface area contributed by atoms with Crippen molar-refractivity contribution >= 4 is 53.3 Å². The van der Waals surface area contributed by atoms with Crippen molar-refractivity contribution in [3.05, 3.63) is 174 Å². The Morgan fingerprint density at radius 2 is 1.09 bits per heavy atom. The van der Waals surface area contributed by atoms with E-state index in [1.165, 1.54) is 69.8 Å². The van der Waals surface area contributed by atoms with Crippen molar-refractivity contribution in [2.75, 3.05) is 0 Å². The molecule has 2 nitrogen and oxygen atoms in total. The molecule has 214 valence electrons. The number of ether oxygens (including phenoxy) is 1. The number of thiophene rings is 1. The first-order valence-corrected chi connectivity index (χ1v) is 16.6. The van der Waals surface area contributed by atoms with Gasteiger partial charge in [-0.25, -0.2) is 0 Å². The van der Waals surface area contributed by atoms with Crippen LogP contribution in [0.5, 0.6) is 11.5 Å². The molecule has 1 aliphatic carbocycles. The van der Waals surface area contributed by atoms with Crippen molar-refractivity contribution in [2.45, 2.75) is 5.41 Å². The van der Waals surface area contributed by atoms with Crippen LogP contribution < -0.4 is 4.74 Å². The summed E-state index contributed by atoms with van der Waals surface area (Å²) in [5.74, 6) is 1.82. The third-order valence-electron chi connectivity index (χ3n) is 10.3. The Bertz CT molecular complexity index is 2700. The van der Waals surface area contributed by atoms with E-state index < -0.39 is 5.41 Å². The Labute approximate surface area is 269 Å². The third-order valence-corrected chi connectivity index (χ3v) is 11.4. The maximum atomic E-state index is 6.89. The number of nitrogens with zero attached hydrogens (tertiary/aromatic N) is 1. The molecule has 0 N–H and O–H groups in total. The molecule has 1 spiro atoms. The summed E-state index contributed by atoms with van der Waals surface area (Å²) in [6, 6.07) is 55.6. The van der Waals surface area contributed by atoms with Gasteiger partial charge in [-0.05, 0) is 64.7 Å². The molecule has 0 unspecified atom stereocenters. The summed E-state index contributed by atoms with van der Waals surface area (Å²) in [7, 11) is 0. The number of hydrogen-bond donors (Lipinski definition) is 0. The average Bonchev–Trinajstić information content (AvgIpc) is 3.74. The van der Waals surface area contributed by atoms with E-state index >= 15 is 0 Å². The largest absolute Gasteiger partial charge is 0.457 e. The monoisotopic (exact) mass is 603 g/mol. The van der Waals surface area contributed by atoms with Gasteiger partial charge in [0.25, 0.3) is 0 Å². The molecule has 0 saturated heterocycles. The lowest BCUT2D eigenvalue weighted by Gasteiger charge is -2.39. The lowest BCUT2D eigenvalue weighted by Crippen LogP contribution is -2.32. The second-order valence-corrected chi connectivity index (χ2v) is 13.5. The zero-order valence-corrected chi connectivity index (χ0v) is 25.5. The number of hydrogen-bond acceptors (Lipinski definition) is 2. The molecule has 2 aliphatic rings. The van der Waals surface area contributed by atoms with Gasteiger partial charge >= 0.3 is 0 Å². The lowest BCUT2D eigenvalue weighted by molar-refractivity contribution is 0.437. The maximum absolute atomic E-state index is 6.89. The fraction of sp³-hybridized carbons (Fsp3) is 0.0233. The van der Waals surface area contributed by atoms with Gasteiger partial charge in [-0.3, -0.25) is 0 Å². The Morgan fingerprint density at radius 3 is 1.91 bits per heavy atom. The van der Waals surface area contributed by atoms with Gasteiger partial charge in [-0.1, -0.05) is 103 Å². The molecule has 0 fully saturated rings. The fourth-order valence-corrected chi connectivity index (χ4v) is 9.54. The smallest absolute Gasteiger partial charge is 0.134 e. The quantitative estimate of drug-likeness (QED) is 0.182. The highest BCUT2D eigenvalue weighted by Crippen LogP contribution is 2.62. The lowest BCUT2D eigenvalue weighted by atomic mass is 9.66. The molecule has 0 bridgehead atoms. The zero-order valence-electron chi connectivity index (χ0n) is 24.7. The Kier molecular flexibility index (Phi) is 4.69. The van der Waals surface area contributed by atoms with Gasteiger partial charge in [0, 0.05) is 53.8 Å². The van der Waals surface area contributed by atoms with E-state index in [-0.39, 0.29) is 0 Å². The molecule has 3 heterocycles. The van der Waals surface area contributed by atoms with Crippen LogP contribution in [0.4, 0.5) is 0 Å². The summed E-state index contributed by atoms with van der Waals surface area (Å²) < 4.78 is 11.9. The summed E-state index contributed by atoms with van der Waals surface area (Å²) in [5.41, 5.74) is 10.6. The predicted molar refractivity (Wildman–Crippen MR) is 191 cm³/mol. The fourth-order valence-electron chi connectivity index (χ4n) is 8.45. The van der Waals surface area contributed by atoms with E-state index in [1.54, 1.807) is 0 Å². The molecule has 0 atom stereocenters. The summed E-state index contributed by atoms with van der Waals surface area (Å²) in [4.78, 5) is 0. The molecule has 9 aromatic rings. The minimum absolute atomic E-state index is 0.483. The second-order valence-electron chi connectivity index (χ2n) is 12.4. The van der Waals surface area contributed by atoms with Gasteiger partial charge in [-0.15, -0.1) is 11.3 Å². The Hall–Kier alpha value is -5.64. The molecule has 0 radical (unpaired) electrons. The number of aromatic nitrogens is 1. The van der Waals surface area contributed by atoms with Crippen LogP contribution in [0.15, 0.2) is 152 Å². The molecule has 11 rings (SSSR count). The van der Waals surface area contributed by atoms with E-state index in [4.69, 9.17) is 4.74 Å². The molecule has 2 aromatic heterocycles. The Morgan fingerprint density at radius 1 is 0.435 bits per heavy atom. The van der Waals surface area contributed by atoms with Crippen LogP contribution in [0.1, 0.15) is 22.3 Å². The minimum Gasteiger partial charge on any atom is -0.457 e. The van der Waals surface area contributed by atoms with Gasteiger partial charge < -0.3 is 9.30 Å². The van der Waals surface area contributed by atoms with Crippen molar-refractivity contribution < 1.29 is 4.74 Å². The third kappa shape index (κ3) is 2.97. The van der Waals surface area contributed by atoms with Gasteiger partial charge in [0.1, 0.15) is 11.5 Å². The number of rotatable bonds is 1. The first-order chi connectivity index (χ1) is 22.8. The van der Waals surface area contributed by atoms with Crippen molar-refractivity contribution in [1.82, 2.24) is 4.57 Å². The maximum Gasteiger partial charge on any atom is 0.134 e. The summed E-state index contributed by atoms with van der Waals surface area (Å²) in [6.07, 6.45) is 0. The molecule has 1 aliphatic heterocycles. The normalized spacial score (nSPS) is 14.0. The Balaban J connectivity index is 1.27. The predicted octanol–water partition coefficient (Wildman–Crippen LogP) is 11.6. The topological polar surface area (TPSA) is 14.2 Å². The molecule has 3 heteroatoms. The van der Waals surface area contributed by atoms with Crippen molar-refractivity contribution in [1.29, 1.82) is 0 Å². The number of benzene rings is 7. The molecule has 46 heavy (non-hydrogen) atoms. The van der Waals surface area contributed by atoms with Gasteiger partial charge in [0.05, 0.1) is 16.4 Å². The molecule has 0 saturated carbocycles.